The number of hydrogen-bond donors (Lipinski definition) is 2. The number of rotatable bonds is 10. The van der Waals surface area contributed by atoms with Gasteiger partial charge in [0.05, 0.1) is 6.61 Å². The maximum atomic E-state index is 11.7. The fourth-order valence-electron chi connectivity index (χ4n) is 2.24. The summed E-state index contributed by atoms with van der Waals surface area (Å²) in [5.41, 5.74) is 6.36. The van der Waals surface area contributed by atoms with Crippen LogP contribution in [0.25, 0.3) is 0 Å². The molecule has 1 aromatic rings. The van der Waals surface area contributed by atoms with Crippen LogP contribution in [0.2, 0.25) is 0 Å². The van der Waals surface area contributed by atoms with Crippen LogP contribution in [0.3, 0.4) is 0 Å². The molecule has 0 aliphatic carbocycles. The Balaban J connectivity index is 2.68. The van der Waals surface area contributed by atoms with E-state index in [-0.39, 0.29) is 5.91 Å². The first kappa shape index (κ1) is 17.5. The third-order valence-electron chi connectivity index (χ3n) is 3.46. The Hall–Kier alpha value is -1.59. The van der Waals surface area contributed by atoms with Crippen molar-refractivity contribution in [3.8, 4) is 5.75 Å². The number of ether oxygens (including phenoxy) is 1. The van der Waals surface area contributed by atoms with Gasteiger partial charge in [-0.25, -0.2) is 0 Å². The zero-order chi connectivity index (χ0) is 15.7. The molecular weight excluding hydrogens is 266 g/mol. The van der Waals surface area contributed by atoms with Gasteiger partial charge in [-0.1, -0.05) is 26.0 Å². The fourth-order valence-corrected chi connectivity index (χ4v) is 2.24. The van der Waals surface area contributed by atoms with E-state index in [1.807, 2.05) is 31.2 Å². The Morgan fingerprint density at radius 1 is 1.33 bits per heavy atom. The molecule has 0 aromatic heterocycles. The van der Waals surface area contributed by atoms with Gasteiger partial charge in [-0.2, -0.15) is 0 Å². The average Bonchev–Trinajstić information content (AvgIpc) is 2.48. The van der Waals surface area contributed by atoms with Gasteiger partial charge in [0, 0.05) is 13.1 Å². The molecule has 0 saturated heterocycles. The average molecular weight is 293 g/mol. The van der Waals surface area contributed by atoms with Crippen molar-refractivity contribution in [3.05, 3.63) is 29.8 Å². The molecule has 118 valence electrons. The molecule has 1 unspecified atom stereocenters. The first-order chi connectivity index (χ1) is 10.1. The minimum atomic E-state index is -0.485. The Morgan fingerprint density at radius 2 is 2.05 bits per heavy atom. The van der Waals surface area contributed by atoms with Crippen molar-refractivity contribution in [1.29, 1.82) is 0 Å². The van der Waals surface area contributed by atoms with Crippen molar-refractivity contribution in [3.63, 3.8) is 0 Å². The maximum absolute atomic E-state index is 11.7. The molecule has 0 fully saturated rings. The van der Waals surface area contributed by atoms with Crippen LogP contribution in [0, 0.1) is 0 Å². The lowest BCUT2D eigenvalue weighted by molar-refractivity contribution is -0.120. The van der Waals surface area contributed by atoms with Crippen molar-refractivity contribution in [2.45, 2.75) is 26.8 Å². The molecule has 0 spiro atoms. The van der Waals surface area contributed by atoms with E-state index < -0.39 is 6.04 Å². The summed E-state index contributed by atoms with van der Waals surface area (Å²) in [4.78, 5) is 14.0. The number of nitrogens with one attached hydrogen (secondary N) is 1. The van der Waals surface area contributed by atoms with Crippen LogP contribution in [-0.4, -0.2) is 43.6 Å². The van der Waals surface area contributed by atoms with Gasteiger partial charge in [0.1, 0.15) is 11.8 Å². The fraction of sp³-hybridized carbons (Fsp3) is 0.562. The number of hydrogen-bond acceptors (Lipinski definition) is 4. The van der Waals surface area contributed by atoms with Crippen molar-refractivity contribution in [1.82, 2.24) is 10.2 Å². The molecule has 0 saturated carbocycles. The maximum Gasteiger partial charge on any atom is 0.239 e. The van der Waals surface area contributed by atoms with E-state index in [0.717, 1.165) is 30.9 Å². The molecule has 1 aromatic carbocycles. The van der Waals surface area contributed by atoms with E-state index in [9.17, 15) is 4.79 Å². The molecule has 0 bridgehead atoms. The Labute approximate surface area is 127 Å². The standard InChI is InChI=1S/C16H27N3O2/c1-4-19(5-2)11-10-18-15(16(17)20)13-8-7-9-14(12-13)21-6-3/h7-9,12,15,18H,4-6,10-11H2,1-3H3,(H2,17,20). The molecular formula is C16H27N3O2. The molecule has 0 aliphatic rings. The Bertz CT molecular complexity index is 433. The summed E-state index contributed by atoms with van der Waals surface area (Å²) in [6, 6.07) is 7.02. The molecule has 21 heavy (non-hydrogen) atoms. The van der Waals surface area contributed by atoms with Crippen LogP contribution in [0.5, 0.6) is 5.75 Å². The third kappa shape index (κ3) is 5.73. The first-order valence-corrected chi connectivity index (χ1v) is 7.60. The highest BCUT2D eigenvalue weighted by Gasteiger charge is 2.17. The minimum Gasteiger partial charge on any atom is -0.494 e. The largest absolute Gasteiger partial charge is 0.494 e. The lowest BCUT2D eigenvalue weighted by Gasteiger charge is -2.21. The zero-order valence-electron chi connectivity index (χ0n) is 13.3. The van der Waals surface area contributed by atoms with Crippen molar-refractivity contribution in [2.24, 2.45) is 5.73 Å². The van der Waals surface area contributed by atoms with Crippen LogP contribution in [0.1, 0.15) is 32.4 Å². The van der Waals surface area contributed by atoms with E-state index in [0.29, 0.717) is 13.2 Å². The summed E-state index contributed by atoms with van der Waals surface area (Å²) in [5.74, 6) is 0.384. The van der Waals surface area contributed by atoms with Crippen LogP contribution in [-0.2, 0) is 4.79 Å². The first-order valence-electron chi connectivity index (χ1n) is 7.60. The highest BCUT2D eigenvalue weighted by atomic mass is 16.5. The number of likely N-dealkylation sites (N-methyl/N-ethyl adjacent to an activating group) is 1. The number of nitrogens with zero attached hydrogens (tertiary/aromatic N) is 1. The Morgan fingerprint density at radius 3 is 2.62 bits per heavy atom. The molecule has 0 radical (unpaired) electrons. The van der Waals surface area contributed by atoms with E-state index in [1.165, 1.54) is 0 Å². The molecule has 3 N–H and O–H groups in total. The minimum absolute atomic E-state index is 0.372. The van der Waals surface area contributed by atoms with Gasteiger partial charge >= 0.3 is 0 Å². The smallest absolute Gasteiger partial charge is 0.239 e. The summed E-state index contributed by atoms with van der Waals surface area (Å²) >= 11 is 0. The quantitative estimate of drug-likeness (QED) is 0.687. The van der Waals surface area contributed by atoms with E-state index >= 15 is 0 Å². The van der Waals surface area contributed by atoms with Crippen LogP contribution < -0.4 is 15.8 Å². The predicted octanol–water partition coefficient (Wildman–Crippen LogP) is 1.54. The SMILES string of the molecule is CCOc1cccc(C(NCCN(CC)CC)C(N)=O)c1. The van der Waals surface area contributed by atoms with E-state index in [4.69, 9.17) is 10.5 Å². The monoisotopic (exact) mass is 293 g/mol. The summed E-state index contributed by atoms with van der Waals surface area (Å²) in [6.07, 6.45) is 0. The molecule has 1 atom stereocenters. The Kier molecular flexibility index (Phi) is 7.79. The molecule has 5 nitrogen and oxygen atoms in total. The second-order valence-corrected chi connectivity index (χ2v) is 4.82. The number of amides is 1. The number of carbonyl (C=O) groups excluding carboxylic acids is 1. The van der Waals surface area contributed by atoms with Gasteiger partial charge in [0.25, 0.3) is 0 Å². The summed E-state index contributed by atoms with van der Waals surface area (Å²) in [6.45, 7) is 10.4. The zero-order valence-corrected chi connectivity index (χ0v) is 13.3. The van der Waals surface area contributed by atoms with Gasteiger partial charge in [0.15, 0.2) is 0 Å². The number of nitrogens with two attached hydrogens (primary N) is 1. The van der Waals surface area contributed by atoms with E-state index in [1.54, 1.807) is 0 Å². The summed E-state index contributed by atoms with van der Waals surface area (Å²) in [5, 5.41) is 3.23. The topological polar surface area (TPSA) is 67.6 Å². The lowest BCUT2D eigenvalue weighted by Crippen LogP contribution is -2.38. The highest BCUT2D eigenvalue weighted by molar-refractivity contribution is 5.81. The van der Waals surface area contributed by atoms with Gasteiger partial charge in [0.2, 0.25) is 5.91 Å². The molecule has 1 rings (SSSR count). The van der Waals surface area contributed by atoms with Crippen LogP contribution in [0.15, 0.2) is 24.3 Å². The molecule has 1 amide bonds. The van der Waals surface area contributed by atoms with Gasteiger partial charge in [-0.05, 0) is 37.7 Å². The normalized spacial score (nSPS) is 12.4. The molecule has 5 heteroatoms. The number of benzene rings is 1. The summed E-state index contributed by atoms with van der Waals surface area (Å²) in [7, 11) is 0. The molecule has 0 aliphatic heterocycles. The van der Waals surface area contributed by atoms with Crippen LogP contribution >= 0.6 is 0 Å². The van der Waals surface area contributed by atoms with Crippen molar-refractivity contribution in [2.75, 3.05) is 32.8 Å². The number of carbonyl (C=O) groups is 1. The van der Waals surface area contributed by atoms with Gasteiger partial charge < -0.3 is 20.7 Å². The van der Waals surface area contributed by atoms with E-state index in [2.05, 4.69) is 24.1 Å². The molecule has 0 heterocycles. The lowest BCUT2D eigenvalue weighted by atomic mass is 10.1. The third-order valence-corrected chi connectivity index (χ3v) is 3.46. The van der Waals surface area contributed by atoms with Crippen molar-refractivity contribution >= 4 is 5.91 Å². The summed E-state index contributed by atoms with van der Waals surface area (Å²) < 4.78 is 5.47. The predicted molar refractivity (Wildman–Crippen MR) is 85.3 cm³/mol. The van der Waals surface area contributed by atoms with Crippen LogP contribution in [0.4, 0.5) is 0 Å². The second-order valence-electron chi connectivity index (χ2n) is 4.82. The number of primary amides is 1. The van der Waals surface area contributed by atoms with Crippen molar-refractivity contribution < 1.29 is 9.53 Å². The van der Waals surface area contributed by atoms with Gasteiger partial charge in [-0.3, -0.25) is 4.79 Å². The highest BCUT2D eigenvalue weighted by Crippen LogP contribution is 2.19. The second kappa shape index (κ2) is 9.37. The van der Waals surface area contributed by atoms with Gasteiger partial charge in [-0.15, -0.1) is 0 Å².